The van der Waals surface area contributed by atoms with Crippen LogP contribution in [0.15, 0.2) is 24.3 Å². The van der Waals surface area contributed by atoms with Crippen LogP contribution in [-0.4, -0.2) is 44.5 Å². The molecule has 1 rings (SSSR count). The molecule has 0 aliphatic rings. The minimum absolute atomic E-state index is 0.00751. The Hall–Kier alpha value is -1.59. The number of carbonyl (C=O) groups excluding carboxylic acids is 1. The first-order valence-corrected chi connectivity index (χ1v) is 5.38. The molecule has 17 heavy (non-hydrogen) atoms. The molecule has 0 atom stereocenters. The minimum Gasteiger partial charge on any atom is -0.497 e. The number of hydrogen-bond acceptors (Lipinski definition) is 4. The van der Waals surface area contributed by atoms with Crippen molar-refractivity contribution in [1.29, 1.82) is 0 Å². The third-order valence-electron chi connectivity index (χ3n) is 2.12. The molecule has 0 spiro atoms. The van der Waals surface area contributed by atoms with Crippen LogP contribution in [0.25, 0.3) is 0 Å². The Morgan fingerprint density at radius 1 is 1.29 bits per heavy atom. The van der Waals surface area contributed by atoms with Crippen LogP contribution in [0.5, 0.6) is 5.75 Å². The summed E-state index contributed by atoms with van der Waals surface area (Å²) in [5.41, 5.74) is 0.577. The van der Waals surface area contributed by atoms with Crippen LogP contribution in [0.3, 0.4) is 0 Å². The number of aliphatic hydroxyl groups excluding tert-OH is 1. The van der Waals surface area contributed by atoms with Gasteiger partial charge in [0, 0.05) is 12.1 Å². The van der Waals surface area contributed by atoms with Crippen LogP contribution in [0, 0.1) is 0 Å². The second-order valence-electron chi connectivity index (χ2n) is 3.32. The van der Waals surface area contributed by atoms with Crippen molar-refractivity contribution < 1.29 is 19.4 Å². The predicted octanol–water partition coefficient (Wildman–Crippen LogP) is 0.434. The van der Waals surface area contributed by atoms with Crippen LogP contribution in [0.4, 0.5) is 0 Å². The molecule has 0 heterocycles. The standard InChI is InChI=1S/C12H17NO4/c1-16-11-4-2-10(3-5-11)12(15)13-6-8-17-9-7-14/h2-5,14H,6-9H2,1H3,(H,13,15). The van der Waals surface area contributed by atoms with Crippen LogP contribution in [0.2, 0.25) is 0 Å². The zero-order valence-electron chi connectivity index (χ0n) is 9.81. The Kier molecular flexibility index (Phi) is 6.06. The van der Waals surface area contributed by atoms with Crippen molar-refractivity contribution in [2.24, 2.45) is 0 Å². The van der Waals surface area contributed by atoms with Crippen molar-refractivity contribution >= 4 is 5.91 Å². The lowest BCUT2D eigenvalue weighted by Crippen LogP contribution is -2.27. The van der Waals surface area contributed by atoms with E-state index in [0.29, 0.717) is 31.1 Å². The van der Waals surface area contributed by atoms with Gasteiger partial charge in [-0.15, -0.1) is 0 Å². The molecular formula is C12H17NO4. The molecule has 1 aromatic rings. The fourth-order valence-electron chi connectivity index (χ4n) is 1.25. The summed E-state index contributed by atoms with van der Waals surface area (Å²) in [6.45, 7) is 1.10. The fraction of sp³-hybridized carbons (Fsp3) is 0.417. The molecule has 0 radical (unpaired) electrons. The van der Waals surface area contributed by atoms with Gasteiger partial charge < -0.3 is 19.9 Å². The van der Waals surface area contributed by atoms with Gasteiger partial charge in [0.1, 0.15) is 5.75 Å². The molecule has 2 N–H and O–H groups in total. The van der Waals surface area contributed by atoms with Gasteiger partial charge in [-0.2, -0.15) is 0 Å². The first kappa shape index (κ1) is 13.5. The molecule has 0 aromatic heterocycles. The van der Waals surface area contributed by atoms with Crippen molar-refractivity contribution in [2.75, 3.05) is 33.5 Å². The first-order chi connectivity index (χ1) is 8.27. The second-order valence-corrected chi connectivity index (χ2v) is 3.32. The summed E-state index contributed by atoms with van der Waals surface area (Å²) in [4.78, 5) is 11.6. The van der Waals surface area contributed by atoms with Crippen LogP contribution in [0.1, 0.15) is 10.4 Å². The maximum Gasteiger partial charge on any atom is 0.251 e. The highest BCUT2D eigenvalue weighted by Crippen LogP contribution is 2.10. The molecule has 0 bridgehead atoms. The van der Waals surface area contributed by atoms with Crippen molar-refractivity contribution in [3.8, 4) is 5.75 Å². The van der Waals surface area contributed by atoms with Crippen LogP contribution in [-0.2, 0) is 4.74 Å². The number of rotatable bonds is 7. The fourth-order valence-corrected chi connectivity index (χ4v) is 1.25. The zero-order chi connectivity index (χ0) is 12.5. The molecule has 0 aliphatic carbocycles. The van der Waals surface area contributed by atoms with E-state index in [-0.39, 0.29) is 12.5 Å². The summed E-state index contributed by atoms with van der Waals surface area (Å²) < 4.78 is 10.0. The van der Waals surface area contributed by atoms with E-state index < -0.39 is 0 Å². The molecule has 0 unspecified atom stereocenters. The quantitative estimate of drug-likeness (QED) is 0.677. The monoisotopic (exact) mass is 239 g/mol. The smallest absolute Gasteiger partial charge is 0.251 e. The lowest BCUT2D eigenvalue weighted by atomic mass is 10.2. The molecule has 1 amide bonds. The predicted molar refractivity (Wildman–Crippen MR) is 63.2 cm³/mol. The molecule has 1 aromatic carbocycles. The summed E-state index contributed by atoms with van der Waals surface area (Å²) >= 11 is 0. The van der Waals surface area contributed by atoms with E-state index >= 15 is 0 Å². The van der Waals surface area contributed by atoms with Gasteiger partial charge in [0.05, 0.1) is 26.9 Å². The summed E-state index contributed by atoms with van der Waals surface area (Å²) in [5.74, 6) is 0.563. The number of methoxy groups -OCH3 is 1. The minimum atomic E-state index is -0.153. The average Bonchev–Trinajstić information content (AvgIpc) is 2.38. The first-order valence-electron chi connectivity index (χ1n) is 5.38. The average molecular weight is 239 g/mol. The molecule has 94 valence electrons. The normalized spacial score (nSPS) is 10.0. The number of benzene rings is 1. The highest BCUT2D eigenvalue weighted by atomic mass is 16.5. The highest BCUT2D eigenvalue weighted by molar-refractivity contribution is 5.94. The molecule has 5 nitrogen and oxygen atoms in total. The Morgan fingerprint density at radius 3 is 2.59 bits per heavy atom. The van der Waals surface area contributed by atoms with Gasteiger partial charge >= 0.3 is 0 Å². The number of aliphatic hydroxyl groups is 1. The summed E-state index contributed by atoms with van der Waals surface area (Å²) in [7, 11) is 1.58. The van der Waals surface area contributed by atoms with Crippen molar-refractivity contribution in [1.82, 2.24) is 5.32 Å². The van der Waals surface area contributed by atoms with E-state index in [1.54, 1.807) is 31.4 Å². The number of amides is 1. The SMILES string of the molecule is COc1ccc(C(=O)NCCOCCO)cc1. The molecule has 5 heteroatoms. The zero-order valence-corrected chi connectivity index (χ0v) is 9.81. The van der Waals surface area contributed by atoms with Gasteiger partial charge in [-0.25, -0.2) is 0 Å². The topological polar surface area (TPSA) is 67.8 Å². The summed E-state index contributed by atoms with van der Waals surface area (Å²) in [6, 6.07) is 6.86. The maximum absolute atomic E-state index is 11.6. The summed E-state index contributed by atoms with van der Waals surface area (Å²) in [5, 5.41) is 11.2. The van der Waals surface area contributed by atoms with Crippen molar-refractivity contribution in [3.05, 3.63) is 29.8 Å². The molecule has 0 fully saturated rings. The van der Waals surface area contributed by atoms with E-state index in [9.17, 15) is 4.79 Å². The number of nitrogens with one attached hydrogen (secondary N) is 1. The van der Waals surface area contributed by atoms with Crippen LogP contribution >= 0.6 is 0 Å². The lowest BCUT2D eigenvalue weighted by molar-refractivity contribution is 0.0838. The summed E-state index contributed by atoms with van der Waals surface area (Å²) in [6.07, 6.45) is 0. The van der Waals surface area contributed by atoms with Gasteiger partial charge in [-0.1, -0.05) is 0 Å². The van der Waals surface area contributed by atoms with Gasteiger partial charge in [-0.3, -0.25) is 4.79 Å². The van der Waals surface area contributed by atoms with Crippen molar-refractivity contribution in [3.63, 3.8) is 0 Å². The Bertz CT molecular complexity index is 337. The second kappa shape index (κ2) is 7.65. The lowest BCUT2D eigenvalue weighted by Gasteiger charge is -2.06. The number of hydrogen-bond donors (Lipinski definition) is 2. The third kappa shape index (κ3) is 4.84. The molecule has 0 saturated carbocycles. The largest absolute Gasteiger partial charge is 0.497 e. The number of ether oxygens (including phenoxy) is 2. The van der Waals surface area contributed by atoms with E-state index in [4.69, 9.17) is 14.6 Å². The van der Waals surface area contributed by atoms with E-state index in [1.165, 1.54) is 0 Å². The Balaban J connectivity index is 2.31. The molecular weight excluding hydrogens is 222 g/mol. The highest BCUT2D eigenvalue weighted by Gasteiger charge is 2.04. The van der Waals surface area contributed by atoms with Gasteiger partial charge in [-0.05, 0) is 24.3 Å². The van der Waals surface area contributed by atoms with E-state index in [0.717, 1.165) is 0 Å². The van der Waals surface area contributed by atoms with E-state index in [2.05, 4.69) is 5.32 Å². The van der Waals surface area contributed by atoms with Crippen molar-refractivity contribution in [2.45, 2.75) is 0 Å². The Morgan fingerprint density at radius 2 is 2.00 bits per heavy atom. The number of carbonyl (C=O) groups is 1. The van der Waals surface area contributed by atoms with Gasteiger partial charge in [0.15, 0.2) is 0 Å². The Labute approximate surface area is 100 Å². The molecule has 0 aliphatic heterocycles. The maximum atomic E-state index is 11.6. The van der Waals surface area contributed by atoms with Crippen LogP contribution < -0.4 is 10.1 Å². The molecule has 0 saturated heterocycles. The third-order valence-corrected chi connectivity index (χ3v) is 2.12. The van der Waals surface area contributed by atoms with Gasteiger partial charge in [0.25, 0.3) is 5.91 Å². The van der Waals surface area contributed by atoms with E-state index in [1.807, 2.05) is 0 Å². The van der Waals surface area contributed by atoms with Gasteiger partial charge in [0.2, 0.25) is 0 Å².